The number of nitrogens with one attached hydrogen (secondary N) is 3. The summed E-state index contributed by atoms with van der Waals surface area (Å²) in [5.41, 5.74) is 3.39. The smallest absolute Gasteiger partial charge is 0.151 e. The molecule has 0 bridgehead atoms. The van der Waals surface area contributed by atoms with Crippen LogP contribution in [-0.4, -0.2) is 57.1 Å². The Kier molecular flexibility index (Phi) is 18.7. The van der Waals surface area contributed by atoms with Crippen molar-refractivity contribution in [3.05, 3.63) is 47.8 Å². The predicted molar refractivity (Wildman–Crippen MR) is 167 cm³/mol. The second-order valence-electron chi connectivity index (χ2n) is 9.85. The summed E-state index contributed by atoms with van der Waals surface area (Å²) < 4.78 is 20.4. The number of hydrogen-bond acceptors (Lipinski definition) is 8. The molecular formula is C31H50FN5O3. The van der Waals surface area contributed by atoms with Gasteiger partial charge in [0.1, 0.15) is 24.1 Å². The van der Waals surface area contributed by atoms with E-state index < -0.39 is 6.17 Å². The molecule has 0 saturated carbocycles. The minimum absolute atomic E-state index is 0.0278. The number of carbonyl (C=O) groups is 2. The van der Waals surface area contributed by atoms with Crippen LogP contribution in [0.5, 0.6) is 5.75 Å². The quantitative estimate of drug-likeness (QED) is 0.162. The van der Waals surface area contributed by atoms with E-state index in [-0.39, 0.29) is 12.2 Å². The lowest BCUT2D eigenvalue weighted by molar-refractivity contribution is -0.114. The van der Waals surface area contributed by atoms with E-state index in [1.54, 1.807) is 6.34 Å². The molecule has 1 atom stereocenters. The van der Waals surface area contributed by atoms with Crippen LogP contribution in [0.15, 0.2) is 41.4 Å². The summed E-state index contributed by atoms with van der Waals surface area (Å²) in [6.45, 7) is 13.3. The summed E-state index contributed by atoms with van der Waals surface area (Å²) >= 11 is 0. The normalized spacial score (nSPS) is 13.0. The summed E-state index contributed by atoms with van der Waals surface area (Å²) in [6.07, 6.45) is 5.46. The van der Waals surface area contributed by atoms with Crippen molar-refractivity contribution < 1.29 is 18.7 Å². The fourth-order valence-electron chi connectivity index (χ4n) is 2.91. The molecule has 0 aromatic heterocycles. The van der Waals surface area contributed by atoms with Gasteiger partial charge >= 0.3 is 0 Å². The number of carbonyl (C=O) groups excluding carboxylic acids is 2. The number of unbranched alkanes of at least 4 members (excludes halogenated alkanes) is 2. The topological polar surface area (TPSA) is 95.1 Å². The van der Waals surface area contributed by atoms with Crippen molar-refractivity contribution in [3.63, 3.8) is 0 Å². The number of nitrogens with zero attached hydrogens (tertiary/aromatic N) is 2. The van der Waals surface area contributed by atoms with Gasteiger partial charge in [0.25, 0.3) is 0 Å². The summed E-state index contributed by atoms with van der Waals surface area (Å²) in [5.74, 6) is 0.207. The maximum atomic E-state index is 14.7. The van der Waals surface area contributed by atoms with Crippen molar-refractivity contribution in [1.29, 1.82) is 0 Å². The van der Waals surface area contributed by atoms with E-state index in [1.165, 1.54) is 6.07 Å². The third-order valence-corrected chi connectivity index (χ3v) is 5.85. The molecule has 9 heteroatoms. The minimum atomic E-state index is -0.485. The van der Waals surface area contributed by atoms with E-state index in [0.717, 1.165) is 30.6 Å². The summed E-state index contributed by atoms with van der Waals surface area (Å²) in [6, 6.07) is 11.0. The maximum Gasteiger partial charge on any atom is 0.151 e. The van der Waals surface area contributed by atoms with Crippen LogP contribution in [0, 0.1) is 5.82 Å². The van der Waals surface area contributed by atoms with Gasteiger partial charge in [0, 0.05) is 36.1 Å². The van der Waals surface area contributed by atoms with Crippen molar-refractivity contribution in [2.45, 2.75) is 78.9 Å². The average molecular weight is 560 g/mol. The Morgan fingerprint density at radius 2 is 1.62 bits per heavy atom. The van der Waals surface area contributed by atoms with E-state index in [1.807, 2.05) is 51.2 Å². The van der Waals surface area contributed by atoms with Gasteiger partial charge in [0.2, 0.25) is 0 Å². The summed E-state index contributed by atoms with van der Waals surface area (Å²) in [4.78, 5) is 24.9. The molecule has 0 spiro atoms. The highest BCUT2D eigenvalue weighted by atomic mass is 19.1. The number of fused-ring (bicyclic) bond motifs is 1. The molecule has 2 aromatic carbocycles. The van der Waals surface area contributed by atoms with Gasteiger partial charge < -0.3 is 35.2 Å². The van der Waals surface area contributed by atoms with E-state index in [0.29, 0.717) is 41.7 Å². The maximum absolute atomic E-state index is 14.7. The molecule has 0 aliphatic carbocycles. The van der Waals surface area contributed by atoms with Crippen molar-refractivity contribution in [2.24, 2.45) is 4.99 Å². The highest BCUT2D eigenvalue weighted by Gasteiger charge is 2.23. The highest BCUT2D eigenvalue weighted by Crippen LogP contribution is 2.35. The first-order chi connectivity index (χ1) is 19.1. The molecule has 1 aliphatic rings. The Balaban J connectivity index is 0.000000906. The number of aldehydes is 2. The van der Waals surface area contributed by atoms with Crippen LogP contribution in [-0.2, 0) is 9.59 Å². The Morgan fingerprint density at radius 3 is 2.10 bits per heavy atom. The number of benzene rings is 2. The molecule has 0 radical (unpaired) electrons. The fraction of sp³-hybridized carbons (Fsp3) is 0.516. The van der Waals surface area contributed by atoms with Crippen molar-refractivity contribution >= 4 is 36.0 Å². The SMILES string of the molecule is CC.CCCCCOc1cc(F)c2c(c1)NC=NC2Nc1ccc(NC)cc1.CN(C)C(C)(C)C.O=CCC=O. The van der Waals surface area contributed by atoms with Crippen LogP contribution < -0.4 is 20.7 Å². The molecule has 8 nitrogen and oxygen atoms in total. The zero-order chi connectivity index (χ0) is 30.6. The van der Waals surface area contributed by atoms with Gasteiger partial charge in [-0.25, -0.2) is 9.38 Å². The highest BCUT2D eigenvalue weighted by molar-refractivity contribution is 5.82. The Labute approximate surface area is 240 Å². The van der Waals surface area contributed by atoms with Crippen LogP contribution in [0.25, 0.3) is 0 Å². The molecule has 0 amide bonds. The molecule has 0 saturated heterocycles. The number of halogens is 1. The zero-order valence-electron chi connectivity index (χ0n) is 25.8. The van der Waals surface area contributed by atoms with Gasteiger partial charge in [-0.1, -0.05) is 33.6 Å². The monoisotopic (exact) mass is 559 g/mol. The average Bonchev–Trinajstić information content (AvgIpc) is 2.93. The third kappa shape index (κ3) is 14.1. The lowest BCUT2D eigenvalue weighted by Crippen LogP contribution is -2.34. The molecule has 3 rings (SSSR count). The number of anilines is 3. The van der Waals surface area contributed by atoms with E-state index >= 15 is 0 Å². The molecule has 1 aliphatic heterocycles. The van der Waals surface area contributed by atoms with Crippen LogP contribution >= 0.6 is 0 Å². The van der Waals surface area contributed by atoms with Gasteiger partial charge in [0.05, 0.1) is 30.6 Å². The van der Waals surface area contributed by atoms with Crippen molar-refractivity contribution in [1.82, 2.24) is 4.90 Å². The number of ether oxygens (including phenoxy) is 1. The van der Waals surface area contributed by atoms with Crippen molar-refractivity contribution in [3.8, 4) is 5.75 Å². The van der Waals surface area contributed by atoms with Gasteiger partial charge in [-0.2, -0.15) is 0 Å². The lowest BCUT2D eigenvalue weighted by atomic mass is 10.1. The summed E-state index contributed by atoms with van der Waals surface area (Å²) in [5, 5.41) is 9.35. The molecule has 2 aromatic rings. The van der Waals surface area contributed by atoms with Crippen LogP contribution in [0.3, 0.4) is 0 Å². The van der Waals surface area contributed by atoms with Crippen LogP contribution in [0.2, 0.25) is 0 Å². The molecule has 3 N–H and O–H groups in total. The molecule has 0 fully saturated rings. The number of hydrogen-bond donors (Lipinski definition) is 3. The molecule has 224 valence electrons. The van der Waals surface area contributed by atoms with Crippen molar-refractivity contribution in [2.75, 3.05) is 43.7 Å². The zero-order valence-corrected chi connectivity index (χ0v) is 25.8. The predicted octanol–water partition coefficient (Wildman–Crippen LogP) is 7.15. The fourth-order valence-corrected chi connectivity index (χ4v) is 2.91. The van der Waals surface area contributed by atoms with Crippen LogP contribution in [0.4, 0.5) is 21.5 Å². The van der Waals surface area contributed by atoms with E-state index in [2.05, 4.69) is 67.6 Å². The van der Waals surface area contributed by atoms with Gasteiger partial charge in [-0.05, 0) is 65.6 Å². The largest absolute Gasteiger partial charge is 0.493 e. The van der Waals surface area contributed by atoms with Gasteiger partial charge in [-0.15, -0.1) is 0 Å². The minimum Gasteiger partial charge on any atom is -0.493 e. The third-order valence-electron chi connectivity index (χ3n) is 5.85. The first-order valence-electron chi connectivity index (χ1n) is 13.9. The van der Waals surface area contributed by atoms with Gasteiger partial charge in [0.15, 0.2) is 6.17 Å². The van der Waals surface area contributed by atoms with Crippen LogP contribution in [0.1, 0.15) is 79.0 Å². The Bertz CT molecular complexity index is 999. The second kappa shape index (κ2) is 20.4. The Morgan fingerprint density at radius 1 is 1.05 bits per heavy atom. The molecule has 1 unspecified atom stereocenters. The number of aliphatic imine (C=N–C) groups is 1. The van der Waals surface area contributed by atoms with Gasteiger partial charge in [-0.3, -0.25) is 0 Å². The Hall–Kier alpha value is -3.46. The number of rotatable bonds is 10. The molecule has 1 heterocycles. The van der Waals surface area contributed by atoms with E-state index in [9.17, 15) is 14.0 Å². The molecular weight excluding hydrogens is 509 g/mol. The summed E-state index contributed by atoms with van der Waals surface area (Å²) in [7, 11) is 6.03. The second-order valence-corrected chi connectivity index (χ2v) is 9.85. The first-order valence-corrected chi connectivity index (χ1v) is 13.9. The standard InChI is InChI=1S/C20H25FN4O.C6H15N.C3H4O2.C2H6/c1-3-4-5-10-26-16-11-17(21)19-18(12-16)23-13-24-20(19)25-15-8-6-14(22-2)7-9-15;1-6(2,3)7(4)5;4-2-1-3-5;1-2/h6-9,11-13,20,22,25H,3-5,10H2,1-2H3,(H,23,24);1-5H3;2-3H,1H2;1-2H3. The first kappa shape index (κ1) is 36.5. The molecule has 40 heavy (non-hydrogen) atoms. The van der Waals surface area contributed by atoms with E-state index in [4.69, 9.17) is 4.74 Å². The lowest BCUT2D eigenvalue weighted by Gasteiger charge is -2.27.